The number of hydrogen-bond donors (Lipinski definition) is 1. The van der Waals surface area contributed by atoms with Crippen LogP contribution in [0.1, 0.15) is 18.5 Å². The van der Waals surface area contributed by atoms with Crippen molar-refractivity contribution in [2.75, 3.05) is 46.1 Å². The van der Waals surface area contributed by atoms with Crippen LogP contribution in [0.15, 0.2) is 18.2 Å². The molecule has 5 heteroatoms. The Labute approximate surface area is 126 Å². The van der Waals surface area contributed by atoms with Crippen LogP contribution in [0.2, 0.25) is 0 Å². The molecule has 0 spiro atoms. The lowest BCUT2D eigenvalue weighted by Gasteiger charge is -2.36. The van der Waals surface area contributed by atoms with Gasteiger partial charge in [-0.15, -0.1) is 0 Å². The van der Waals surface area contributed by atoms with Crippen molar-refractivity contribution >= 4 is 0 Å². The first-order valence-electron chi connectivity index (χ1n) is 7.73. The number of fused-ring (bicyclic) bond motifs is 1. The van der Waals surface area contributed by atoms with Gasteiger partial charge in [-0.1, -0.05) is 12.1 Å². The fourth-order valence-electron chi connectivity index (χ4n) is 3.05. The molecule has 0 aromatic heterocycles. The number of hydrogen-bond acceptors (Lipinski definition) is 5. The zero-order valence-corrected chi connectivity index (χ0v) is 12.6. The Morgan fingerprint density at radius 2 is 2.14 bits per heavy atom. The molecule has 0 bridgehead atoms. The average Bonchev–Trinajstić information content (AvgIpc) is 2.52. The molecular formula is C16H24N2O3. The molecule has 1 saturated heterocycles. The predicted octanol–water partition coefficient (Wildman–Crippen LogP) is 1.43. The highest BCUT2D eigenvalue weighted by atomic mass is 16.5. The van der Waals surface area contributed by atoms with Gasteiger partial charge in [0.15, 0.2) is 11.5 Å². The lowest BCUT2D eigenvalue weighted by Crippen LogP contribution is -2.44. The van der Waals surface area contributed by atoms with Gasteiger partial charge in [0, 0.05) is 37.2 Å². The molecule has 0 amide bonds. The highest BCUT2D eigenvalue weighted by Gasteiger charge is 2.31. The Hall–Kier alpha value is -1.30. The summed E-state index contributed by atoms with van der Waals surface area (Å²) in [6.45, 7) is 7.81. The first kappa shape index (κ1) is 14.6. The van der Waals surface area contributed by atoms with Gasteiger partial charge in [-0.05, 0) is 13.0 Å². The topological polar surface area (TPSA) is 57.0 Å². The molecule has 2 N–H and O–H groups in total. The van der Waals surface area contributed by atoms with Crippen LogP contribution in [-0.4, -0.2) is 51.0 Å². The van der Waals surface area contributed by atoms with Crippen molar-refractivity contribution in [2.45, 2.75) is 13.0 Å². The van der Waals surface area contributed by atoms with Crippen molar-refractivity contribution in [3.8, 4) is 11.5 Å². The van der Waals surface area contributed by atoms with Crippen molar-refractivity contribution in [1.82, 2.24) is 4.90 Å². The van der Waals surface area contributed by atoms with E-state index in [0.717, 1.165) is 49.9 Å². The second-order valence-electron chi connectivity index (χ2n) is 5.62. The molecule has 0 saturated carbocycles. The second kappa shape index (κ2) is 6.64. The van der Waals surface area contributed by atoms with Gasteiger partial charge in [-0.3, -0.25) is 4.90 Å². The molecule has 116 valence electrons. The van der Waals surface area contributed by atoms with E-state index < -0.39 is 0 Å². The molecule has 2 atom stereocenters. The Bertz CT molecular complexity index is 475. The average molecular weight is 292 g/mol. The van der Waals surface area contributed by atoms with E-state index in [-0.39, 0.29) is 6.04 Å². The maximum Gasteiger partial charge on any atom is 0.165 e. The maximum absolute atomic E-state index is 6.48. The van der Waals surface area contributed by atoms with E-state index in [4.69, 9.17) is 19.9 Å². The van der Waals surface area contributed by atoms with Crippen LogP contribution in [0.5, 0.6) is 11.5 Å². The number of benzene rings is 1. The molecule has 3 rings (SSSR count). The zero-order valence-electron chi connectivity index (χ0n) is 12.6. The molecule has 2 heterocycles. The molecule has 2 unspecified atom stereocenters. The van der Waals surface area contributed by atoms with Gasteiger partial charge in [0.25, 0.3) is 0 Å². The summed E-state index contributed by atoms with van der Waals surface area (Å²) in [4.78, 5) is 2.41. The minimum absolute atomic E-state index is 0.00278. The molecule has 21 heavy (non-hydrogen) atoms. The Morgan fingerprint density at radius 3 is 2.90 bits per heavy atom. The fourth-order valence-corrected chi connectivity index (χ4v) is 3.05. The summed E-state index contributed by atoms with van der Waals surface area (Å²) < 4.78 is 17.0. The molecule has 2 aliphatic heterocycles. The smallest absolute Gasteiger partial charge is 0.165 e. The number of nitrogens with zero attached hydrogens (tertiary/aromatic N) is 1. The SMILES string of the molecule is CCOc1cccc2c1OCC(CN1CCOCC1)C2N. The van der Waals surface area contributed by atoms with Crippen LogP contribution >= 0.6 is 0 Å². The van der Waals surface area contributed by atoms with Crippen molar-refractivity contribution in [3.63, 3.8) is 0 Å². The van der Waals surface area contributed by atoms with Crippen molar-refractivity contribution in [3.05, 3.63) is 23.8 Å². The third kappa shape index (κ3) is 3.15. The Balaban J connectivity index is 1.72. The summed E-state index contributed by atoms with van der Waals surface area (Å²) >= 11 is 0. The van der Waals surface area contributed by atoms with Crippen LogP contribution in [0.4, 0.5) is 0 Å². The largest absolute Gasteiger partial charge is 0.490 e. The fraction of sp³-hybridized carbons (Fsp3) is 0.625. The lowest BCUT2D eigenvalue weighted by molar-refractivity contribution is 0.0216. The van der Waals surface area contributed by atoms with Crippen molar-refractivity contribution in [2.24, 2.45) is 11.7 Å². The number of nitrogens with two attached hydrogens (primary N) is 1. The molecule has 1 aromatic carbocycles. The van der Waals surface area contributed by atoms with Crippen molar-refractivity contribution in [1.29, 1.82) is 0 Å². The number of ether oxygens (including phenoxy) is 3. The Morgan fingerprint density at radius 1 is 1.33 bits per heavy atom. The molecular weight excluding hydrogens is 268 g/mol. The van der Waals surface area contributed by atoms with E-state index in [9.17, 15) is 0 Å². The quantitative estimate of drug-likeness (QED) is 0.909. The van der Waals surface area contributed by atoms with E-state index in [1.807, 2.05) is 25.1 Å². The van der Waals surface area contributed by atoms with E-state index in [0.29, 0.717) is 19.1 Å². The molecule has 5 nitrogen and oxygen atoms in total. The van der Waals surface area contributed by atoms with Crippen LogP contribution in [0.25, 0.3) is 0 Å². The summed E-state index contributed by atoms with van der Waals surface area (Å²) in [5.74, 6) is 1.94. The van der Waals surface area contributed by atoms with E-state index in [1.165, 1.54) is 0 Å². The van der Waals surface area contributed by atoms with Gasteiger partial charge in [0.1, 0.15) is 0 Å². The van der Waals surface area contributed by atoms with Crippen LogP contribution in [-0.2, 0) is 4.74 Å². The normalized spacial score (nSPS) is 26.0. The minimum atomic E-state index is -0.00278. The molecule has 1 fully saturated rings. The van der Waals surface area contributed by atoms with Gasteiger partial charge >= 0.3 is 0 Å². The molecule has 2 aliphatic rings. The van der Waals surface area contributed by atoms with E-state index >= 15 is 0 Å². The summed E-state index contributed by atoms with van der Waals surface area (Å²) in [5, 5.41) is 0. The van der Waals surface area contributed by atoms with Gasteiger partial charge in [-0.25, -0.2) is 0 Å². The van der Waals surface area contributed by atoms with Gasteiger partial charge in [0.05, 0.1) is 26.4 Å². The monoisotopic (exact) mass is 292 g/mol. The second-order valence-corrected chi connectivity index (χ2v) is 5.62. The van der Waals surface area contributed by atoms with Crippen LogP contribution < -0.4 is 15.2 Å². The third-order valence-electron chi connectivity index (χ3n) is 4.21. The maximum atomic E-state index is 6.48. The minimum Gasteiger partial charge on any atom is -0.490 e. The summed E-state index contributed by atoms with van der Waals surface area (Å²) in [6.07, 6.45) is 0. The van der Waals surface area contributed by atoms with Crippen LogP contribution in [0, 0.1) is 5.92 Å². The van der Waals surface area contributed by atoms with Gasteiger partial charge in [0.2, 0.25) is 0 Å². The van der Waals surface area contributed by atoms with Crippen LogP contribution in [0.3, 0.4) is 0 Å². The predicted molar refractivity (Wildman–Crippen MR) is 80.8 cm³/mol. The summed E-state index contributed by atoms with van der Waals surface area (Å²) in [7, 11) is 0. The summed E-state index contributed by atoms with van der Waals surface area (Å²) in [5.41, 5.74) is 7.54. The molecule has 0 aliphatic carbocycles. The molecule has 1 aromatic rings. The first-order chi connectivity index (χ1) is 10.3. The van der Waals surface area contributed by atoms with Gasteiger partial charge < -0.3 is 19.9 Å². The number of morpholine rings is 1. The lowest BCUT2D eigenvalue weighted by atomic mass is 9.90. The standard InChI is InChI=1S/C16H24N2O3/c1-2-20-14-5-3-4-13-15(17)12(11-21-16(13)14)10-18-6-8-19-9-7-18/h3-5,12,15H,2,6-11,17H2,1H3. The van der Waals surface area contributed by atoms with Crippen molar-refractivity contribution < 1.29 is 14.2 Å². The first-order valence-corrected chi connectivity index (χ1v) is 7.73. The van der Waals surface area contributed by atoms with E-state index in [1.54, 1.807) is 0 Å². The number of rotatable bonds is 4. The van der Waals surface area contributed by atoms with E-state index in [2.05, 4.69) is 4.90 Å². The highest BCUT2D eigenvalue weighted by Crippen LogP contribution is 2.40. The highest BCUT2D eigenvalue weighted by molar-refractivity contribution is 5.49. The Kier molecular flexibility index (Phi) is 4.63. The third-order valence-corrected chi connectivity index (χ3v) is 4.21. The summed E-state index contributed by atoms with van der Waals surface area (Å²) in [6, 6.07) is 5.98. The van der Waals surface area contributed by atoms with Gasteiger partial charge in [-0.2, -0.15) is 0 Å². The number of para-hydroxylation sites is 1. The molecule has 0 radical (unpaired) electrons. The zero-order chi connectivity index (χ0) is 14.7.